The van der Waals surface area contributed by atoms with Gasteiger partial charge >= 0.3 is 0 Å². The number of rotatable bonds is 4. The second-order valence-electron chi connectivity index (χ2n) is 4.90. The van der Waals surface area contributed by atoms with Crippen LogP contribution in [-0.4, -0.2) is 25.3 Å². The van der Waals surface area contributed by atoms with Gasteiger partial charge in [-0.3, -0.25) is 9.78 Å². The van der Waals surface area contributed by atoms with Crippen molar-refractivity contribution in [2.24, 2.45) is 0 Å². The van der Waals surface area contributed by atoms with Crippen molar-refractivity contribution < 1.29 is 4.79 Å². The molecule has 0 aliphatic carbocycles. The Kier molecular flexibility index (Phi) is 3.48. The number of para-hydroxylation sites is 2. The van der Waals surface area contributed by atoms with Gasteiger partial charge in [0.15, 0.2) is 5.78 Å². The normalized spacial score (nSPS) is 11.0. The van der Waals surface area contributed by atoms with Crippen molar-refractivity contribution in [1.82, 2.24) is 19.5 Å². The largest absolute Gasteiger partial charge is 0.328 e. The van der Waals surface area contributed by atoms with Crippen LogP contribution in [0.3, 0.4) is 0 Å². The summed E-state index contributed by atoms with van der Waals surface area (Å²) in [7, 11) is 0. The summed E-state index contributed by atoms with van der Waals surface area (Å²) in [6.07, 6.45) is 3.37. The number of aryl methyl sites for hydroxylation is 2. The Morgan fingerprint density at radius 3 is 2.71 bits per heavy atom. The molecule has 21 heavy (non-hydrogen) atoms. The molecule has 0 amide bonds. The summed E-state index contributed by atoms with van der Waals surface area (Å²) in [4.78, 5) is 25.1. The van der Waals surface area contributed by atoms with Crippen molar-refractivity contribution in [2.45, 2.75) is 26.8 Å². The van der Waals surface area contributed by atoms with Crippen molar-refractivity contribution >= 4 is 16.8 Å². The van der Waals surface area contributed by atoms with Gasteiger partial charge in [-0.25, -0.2) is 9.97 Å². The molecule has 1 aromatic carbocycles. The number of carbonyl (C=O) groups is 1. The monoisotopic (exact) mass is 280 g/mol. The Bertz CT molecular complexity index is 790. The molecule has 0 unspecified atom stereocenters. The highest BCUT2D eigenvalue weighted by atomic mass is 16.1. The predicted molar refractivity (Wildman–Crippen MR) is 80.2 cm³/mol. The molecule has 0 aliphatic rings. The Hall–Kier alpha value is -2.56. The third-order valence-corrected chi connectivity index (χ3v) is 3.44. The van der Waals surface area contributed by atoms with Crippen LogP contribution in [0.15, 0.2) is 36.7 Å². The zero-order chi connectivity index (χ0) is 14.8. The average molecular weight is 280 g/mol. The van der Waals surface area contributed by atoms with Crippen molar-refractivity contribution in [3.8, 4) is 0 Å². The lowest BCUT2D eigenvalue weighted by molar-refractivity contribution is 0.0985. The van der Waals surface area contributed by atoms with E-state index in [1.54, 1.807) is 6.20 Å². The smallest absolute Gasteiger partial charge is 0.190 e. The van der Waals surface area contributed by atoms with Gasteiger partial charge < -0.3 is 4.57 Å². The number of ketones is 1. The molecule has 2 heterocycles. The molecular formula is C16H16N4O. The van der Waals surface area contributed by atoms with Crippen LogP contribution < -0.4 is 0 Å². The first-order chi connectivity index (χ1) is 10.2. The Labute approximate surface area is 122 Å². The van der Waals surface area contributed by atoms with Gasteiger partial charge in [-0.2, -0.15) is 0 Å². The van der Waals surface area contributed by atoms with Crippen LogP contribution in [0, 0.1) is 6.92 Å². The van der Waals surface area contributed by atoms with Crippen molar-refractivity contribution in [2.75, 3.05) is 0 Å². The molecule has 0 bridgehead atoms. The molecule has 3 rings (SSSR count). The Balaban J connectivity index is 1.94. The van der Waals surface area contributed by atoms with Crippen molar-refractivity contribution in [3.05, 3.63) is 53.9 Å². The number of imidazole rings is 1. The lowest BCUT2D eigenvalue weighted by Crippen LogP contribution is -2.11. The minimum Gasteiger partial charge on any atom is -0.328 e. The SMILES string of the molecule is CCn1c(CC(=O)c2cnc(C)cn2)nc2ccccc21. The zero-order valence-corrected chi connectivity index (χ0v) is 12.1. The maximum absolute atomic E-state index is 12.3. The highest BCUT2D eigenvalue weighted by molar-refractivity contribution is 5.95. The van der Waals surface area contributed by atoms with E-state index in [1.165, 1.54) is 6.20 Å². The molecule has 0 saturated carbocycles. The third-order valence-electron chi connectivity index (χ3n) is 3.44. The lowest BCUT2D eigenvalue weighted by Gasteiger charge is -2.05. The topological polar surface area (TPSA) is 60.7 Å². The maximum Gasteiger partial charge on any atom is 0.190 e. The van der Waals surface area contributed by atoms with Gasteiger partial charge in [0.1, 0.15) is 11.5 Å². The summed E-state index contributed by atoms with van der Waals surface area (Å²) >= 11 is 0. The number of nitrogens with zero attached hydrogens (tertiary/aromatic N) is 4. The Morgan fingerprint density at radius 1 is 1.19 bits per heavy atom. The molecule has 0 aliphatic heterocycles. The molecule has 0 fully saturated rings. The number of hydrogen-bond donors (Lipinski definition) is 0. The van der Waals surface area contributed by atoms with Crippen LogP contribution >= 0.6 is 0 Å². The summed E-state index contributed by atoms with van der Waals surface area (Å²) in [5.41, 5.74) is 3.15. The lowest BCUT2D eigenvalue weighted by atomic mass is 10.2. The molecule has 5 heteroatoms. The van der Waals surface area contributed by atoms with Crippen LogP contribution in [-0.2, 0) is 13.0 Å². The van der Waals surface area contributed by atoms with Gasteiger partial charge in [-0.1, -0.05) is 12.1 Å². The fourth-order valence-corrected chi connectivity index (χ4v) is 2.38. The first kappa shape index (κ1) is 13.4. The molecule has 0 N–H and O–H groups in total. The van der Waals surface area contributed by atoms with E-state index in [4.69, 9.17) is 0 Å². The second-order valence-corrected chi connectivity index (χ2v) is 4.90. The first-order valence-corrected chi connectivity index (χ1v) is 6.95. The number of carbonyl (C=O) groups excluding carboxylic acids is 1. The van der Waals surface area contributed by atoms with E-state index >= 15 is 0 Å². The zero-order valence-electron chi connectivity index (χ0n) is 12.1. The van der Waals surface area contributed by atoms with Gasteiger partial charge in [0, 0.05) is 12.7 Å². The van der Waals surface area contributed by atoms with Crippen molar-refractivity contribution in [1.29, 1.82) is 0 Å². The first-order valence-electron chi connectivity index (χ1n) is 6.95. The minimum atomic E-state index is -0.0625. The van der Waals surface area contributed by atoms with E-state index in [0.29, 0.717) is 5.69 Å². The fourth-order valence-electron chi connectivity index (χ4n) is 2.38. The van der Waals surface area contributed by atoms with Gasteiger partial charge in [-0.05, 0) is 26.0 Å². The average Bonchev–Trinajstić information content (AvgIpc) is 2.84. The number of hydrogen-bond acceptors (Lipinski definition) is 4. The van der Waals surface area contributed by atoms with Gasteiger partial charge in [0.25, 0.3) is 0 Å². The van der Waals surface area contributed by atoms with E-state index in [2.05, 4.69) is 19.5 Å². The van der Waals surface area contributed by atoms with Crippen molar-refractivity contribution in [3.63, 3.8) is 0 Å². The van der Waals surface area contributed by atoms with E-state index < -0.39 is 0 Å². The number of benzene rings is 1. The summed E-state index contributed by atoms with van der Waals surface area (Å²) in [6.45, 7) is 4.67. The van der Waals surface area contributed by atoms with E-state index in [-0.39, 0.29) is 12.2 Å². The highest BCUT2D eigenvalue weighted by Crippen LogP contribution is 2.17. The van der Waals surface area contributed by atoms with E-state index in [0.717, 1.165) is 29.1 Å². The summed E-state index contributed by atoms with van der Waals surface area (Å²) in [6, 6.07) is 7.91. The molecule has 2 aromatic heterocycles. The molecule has 0 saturated heterocycles. The molecule has 0 spiro atoms. The van der Waals surface area contributed by atoms with Crippen LogP contribution in [0.25, 0.3) is 11.0 Å². The number of aromatic nitrogens is 4. The fraction of sp³-hybridized carbons (Fsp3) is 0.250. The van der Waals surface area contributed by atoms with Gasteiger partial charge in [-0.15, -0.1) is 0 Å². The molecule has 0 atom stereocenters. The minimum absolute atomic E-state index is 0.0625. The quantitative estimate of drug-likeness (QED) is 0.689. The predicted octanol–water partition coefficient (Wildman–Crippen LogP) is 2.58. The summed E-state index contributed by atoms with van der Waals surface area (Å²) in [5.74, 6) is 0.707. The molecule has 3 aromatic rings. The van der Waals surface area contributed by atoms with E-state index in [1.807, 2.05) is 38.1 Å². The standard InChI is InChI=1S/C16H16N4O/c1-3-20-14-7-5-4-6-12(14)19-16(20)8-15(21)13-10-17-11(2)9-18-13/h4-7,9-10H,3,8H2,1-2H3. The van der Waals surface area contributed by atoms with Gasteiger partial charge in [0.05, 0.1) is 29.3 Å². The summed E-state index contributed by atoms with van der Waals surface area (Å²) in [5, 5.41) is 0. The second kappa shape index (κ2) is 5.44. The van der Waals surface area contributed by atoms with Crippen LogP contribution in [0.5, 0.6) is 0 Å². The van der Waals surface area contributed by atoms with Crippen LogP contribution in [0.2, 0.25) is 0 Å². The maximum atomic E-state index is 12.3. The molecule has 0 radical (unpaired) electrons. The molecule has 106 valence electrons. The van der Waals surface area contributed by atoms with Crippen LogP contribution in [0.4, 0.5) is 0 Å². The van der Waals surface area contributed by atoms with Crippen LogP contribution in [0.1, 0.15) is 28.9 Å². The molecule has 5 nitrogen and oxygen atoms in total. The number of Topliss-reactive ketones (excluding diaryl/α,β-unsaturated/α-hetero) is 1. The highest BCUT2D eigenvalue weighted by Gasteiger charge is 2.15. The molecular weight excluding hydrogens is 264 g/mol. The van der Waals surface area contributed by atoms with E-state index in [9.17, 15) is 4.79 Å². The summed E-state index contributed by atoms with van der Waals surface area (Å²) < 4.78 is 2.06. The number of fused-ring (bicyclic) bond motifs is 1. The Morgan fingerprint density at radius 2 is 2.00 bits per heavy atom. The third kappa shape index (κ3) is 2.54. The van der Waals surface area contributed by atoms with Gasteiger partial charge in [0.2, 0.25) is 0 Å².